The Kier molecular flexibility index (Phi) is 8.46. The number of ether oxygens (including phenoxy) is 1. The van der Waals surface area contributed by atoms with E-state index >= 15 is 4.39 Å². The van der Waals surface area contributed by atoms with Crippen LogP contribution in [-0.4, -0.2) is 79.3 Å². The second-order valence-electron chi connectivity index (χ2n) is 15.2. The number of amides is 1. The molecule has 4 aliphatic heterocycles. The first kappa shape index (κ1) is 32.6. The molecule has 1 N–H and O–H groups in total. The van der Waals surface area contributed by atoms with Gasteiger partial charge in [-0.2, -0.15) is 0 Å². The van der Waals surface area contributed by atoms with Crippen molar-refractivity contribution < 1.29 is 19.0 Å². The van der Waals surface area contributed by atoms with Gasteiger partial charge in [-0.05, 0) is 85.7 Å². The molecule has 4 aromatic rings. The predicted octanol–water partition coefficient (Wildman–Crippen LogP) is 7.24. The van der Waals surface area contributed by atoms with E-state index in [1.54, 1.807) is 23.1 Å². The number of carbonyl (C=O) groups excluding carboxylic acids is 1. The molecule has 1 amide bonds. The Morgan fingerprint density at radius 2 is 1.60 bits per heavy atom. The van der Waals surface area contributed by atoms with Crippen molar-refractivity contribution in [2.24, 2.45) is 5.92 Å². The topological polar surface area (TPSA) is 59.5 Å². The first-order chi connectivity index (χ1) is 24.1. The van der Waals surface area contributed by atoms with Crippen molar-refractivity contribution in [3.8, 4) is 11.5 Å². The van der Waals surface area contributed by atoms with Crippen LogP contribution in [-0.2, 0) is 6.54 Å². The molecular weight excluding hydrogens is 627 g/mol. The molecule has 4 aliphatic rings. The summed E-state index contributed by atoms with van der Waals surface area (Å²) in [5, 5.41) is 10.3. The molecule has 2 saturated heterocycles. The fraction of sp³-hybridized carbons (Fsp3) is 0.405. The second kappa shape index (κ2) is 13.0. The van der Waals surface area contributed by atoms with Gasteiger partial charge < -0.3 is 24.5 Å². The zero-order valence-corrected chi connectivity index (χ0v) is 29.3. The number of aromatic hydroxyl groups is 1. The van der Waals surface area contributed by atoms with Gasteiger partial charge in [-0.1, -0.05) is 42.5 Å². The van der Waals surface area contributed by atoms with Gasteiger partial charge in [0.2, 0.25) is 0 Å². The van der Waals surface area contributed by atoms with E-state index in [-0.39, 0.29) is 29.3 Å². The maximum Gasteiger partial charge on any atom is 0.254 e. The Balaban J connectivity index is 0.916. The summed E-state index contributed by atoms with van der Waals surface area (Å²) < 4.78 is 22.7. The van der Waals surface area contributed by atoms with Crippen LogP contribution in [0.2, 0.25) is 0 Å². The maximum absolute atomic E-state index is 16.2. The molecule has 4 heterocycles. The molecule has 2 atom stereocenters. The van der Waals surface area contributed by atoms with E-state index in [1.807, 2.05) is 43.4 Å². The second-order valence-corrected chi connectivity index (χ2v) is 15.2. The lowest BCUT2D eigenvalue weighted by Crippen LogP contribution is -2.49. The van der Waals surface area contributed by atoms with Crippen LogP contribution in [0.3, 0.4) is 0 Å². The number of phenolic OH excluding ortho intramolecular Hbond substituents is 1. The number of halogens is 1. The van der Waals surface area contributed by atoms with Gasteiger partial charge in [0.05, 0.1) is 5.69 Å². The van der Waals surface area contributed by atoms with E-state index in [0.29, 0.717) is 23.9 Å². The normalized spacial score (nSPS) is 22.3. The molecule has 4 aromatic carbocycles. The van der Waals surface area contributed by atoms with Crippen LogP contribution in [0.5, 0.6) is 11.5 Å². The van der Waals surface area contributed by atoms with E-state index in [2.05, 4.69) is 58.9 Å². The molecule has 8 rings (SSSR count). The van der Waals surface area contributed by atoms with Crippen molar-refractivity contribution in [1.82, 2.24) is 9.80 Å². The van der Waals surface area contributed by atoms with Gasteiger partial charge in [0, 0.05) is 94.1 Å². The van der Waals surface area contributed by atoms with Crippen LogP contribution in [0.1, 0.15) is 71.1 Å². The number of hydrogen-bond acceptors (Lipinski definition) is 6. The fourth-order valence-corrected chi connectivity index (χ4v) is 8.95. The van der Waals surface area contributed by atoms with Crippen molar-refractivity contribution in [2.75, 3.05) is 62.7 Å². The fourth-order valence-electron chi connectivity index (χ4n) is 8.95. The predicted molar refractivity (Wildman–Crippen MR) is 196 cm³/mol. The molecule has 0 bridgehead atoms. The van der Waals surface area contributed by atoms with Crippen LogP contribution in [0.4, 0.5) is 15.8 Å². The molecule has 50 heavy (non-hydrogen) atoms. The van der Waals surface area contributed by atoms with Gasteiger partial charge in [0.15, 0.2) is 0 Å². The molecule has 2 fully saturated rings. The number of nitrogens with zero attached hydrogens (tertiary/aromatic N) is 4. The van der Waals surface area contributed by atoms with Gasteiger partial charge in [-0.3, -0.25) is 9.69 Å². The summed E-state index contributed by atoms with van der Waals surface area (Å²) in [4.78, 5) is 21.3. The van der Waals surface area contributed by atoms with E-state index in [1.165, 1.54) is 5.69 Å². The molecule has 2 unspecified atom stereocenters. The van der Waals surface area contributed by atoms with Gasteiger partial charge in [-0.15, -0.1) is 0 Å². The number of hydrogen-bond donors (Lipinski definition) is 1. The van der Waals surface area contributed by atoms with Crippen molar-refractivity contribution in [3.05, 3.63) is 119 Å². The van der Waals surface area contributed by atoms with Crippen LogP contribution >= 0.6 is 0 Å². The number of rotatable bonds is 6. The van der Waals surface area contributed by atoms with Gasteiger partial charge in [-0.25, -0.2) is 4.39 Å². The van der Waals surface area contributed by atoms with Crippen LogP contribution in [0.25, 0.3) is 0 Å². The quantitative estimate of drug-likeness (QED) is 0.233. The van der Waals surface area contributed by atoms with Gasteiger partial charge >= 0.3 is 0 Å². The largest absolute Gasteiger partial charge is 0.508 e. The highest BCUT2D eigenvalue weighted by atomic mass is 19.1. The molecule has 0 radical (unpaired) electrons. The Morgan fingerprint density at radius 1 is 0.840 bits per heavy atom. The zero-order valence-electron chi connectivity index (χ0n) is 29.3. The first-order valence-electron chi connectivity index (χ1n) is 18.1. The first-order valence-corrected chi connectivity index (χ1v) is 18.1. The number of phenols is 1. The molecule has 260 valence electrons. The molecule has 7 nitrogen and oxygen atoms in total. The molecule has 8 heteroatoms. The van der Waals surface area contributed by atoms with Crippen LogP contribution in [0, 0.1) is 11.7 Å². The smallest absolute Gasteiger partial charge is 0.254 e. The zero-order chi connectivity index (χ0) is 34.6. The number of piperazine rings is 1. The Morgan fingerprint density at radius 3 is 2.34 bits per heavy atom. The van der Waals surface area contributed by atoms with E-state index in [4.69, 9.17) is 4.74 Å². The highest BCUT2D eigenvalue weighted by Gasteiger charge is 2.45. The van der Waals surface area contributed by atoms with Gasteiger partial charge in [0.1, 0.15) is 22.9 Å². The summed E-state index contributed by atoms with van der Waals surface area (Å²) in [6.45, 7) is 11.7. The van der Waals surface area contributed by atoms with Crippen LogP contribution in [0.15, 0.2) is 84.9 Å². The van der Waals surface area contributed by atoms with E-state index < -0.39 is 5.60 Å². The minimum atomic E-state index is -0.586. The van der Waals surface area contributed by atoms with E-state index in [9.17, 15) is 9.90 Å². The third-order valence-electron chi connectivity index (χ3n) is 11.6. The minimum absolute atomic E-state index is 0.0512. The van der Waals surface area contributed by atoms with Crippen molar-refractivity contribution in [1.29, 1.82) is 0 Å². The highest BCUT2D eigenvalue weighted by molar-refractivity contribution is 5.98. The monoisotopic (exact) mass is 674 g/mol. The van der Waals surface area contributed by atoms with Crippen LogP contribution < -0.4 is 14.5 Å². The van der Waals surface area contributed by atoms with Crippen molar-refractivity contribution in [2.45, 2.75) is 50.7 Å². The standard InChI is InChI=1S/C42H47FN4O3/c1-42(2)40(29-7-5-4-6-8-29)39(35-13-11-33(48)25-38(35)50-42)30-9-14-37(36(43)24-30)47-17-15-28(16-18-47)26-45-19-21-46(22-20-45)32-10-12-34-31(23-32)27-44(3)41(34)49/h4-14,23-25,28,39-40,48H,15-22,26-27H2,1-3H3. The van der Waals surface area contributed by atoms with Gasteiger partial charge in [0.25, 0.3) is 5.91 Å². The number of piperidine rings is 1. The maximum atomic E-state index is 16.2. The summed E-state index contributed by atoms with van der Waals surface area (Å²) in [6.07, 6.45) is 2.10. The number of anilines is 2. The summed E-state index contributed by atoms with van der Waals surface area (Å²) >= 11 is 0. The lowest BCUT2D eigenvalue weighted by Gasteiger charge is -2.45. The van der Waals surface area contributed by atoms with E-state index in [0.717, 1.165) is 86.5 Å². The van der Waals surface area contributed by atoms with Crippen molar-refractivity contribution >= 4 is 17.3 Å². The Bertz CT molecular complexity index is 1880. The third kappa shape index (κ3) is 6.08. The lowest BCUT2D eigenvalue weighted by molar-refractivity contribution is 0.0528. The molecule has 0 saturated carbocycles. The highest BCUT2D eigenvalue weighted by Crippen LogP contribution is 2.53. The Labute approximate surface area is 294 Å². The minimum Gasteiger partial charge on any atom is -0.508 e. The number of carbonyl (C=O) groups is 1. The average molecular weight is 675 g/mol. The molecule has 0 aliphatic carbocycles. The lowest BCUT2D eigenvalue weighted by atomic mass is 9.68. The summed E-state index contributed by atoms with van der Waals surface area (Å²) in [5.74, 6) is 1.15. The summed E-state index contributed by atoms with van der Waals surface area (Å²) in [6, 6.07) is 27.7. The molecular formula is C42H47FN4O3. The average Bonchev–Trinajstić information content (AvgIpc) is 3.40. The molecule has 0 spiro atoms. The number of fused-ring (bicyclic) bond motifs is 2. The summed E-state index contributed by atoms with van der Waals surface area (Å²) in [5.41, 5.74) is 6.29. The summed E-state index contributed by atoms with van der Waals surface area (Å²) in [7, 11) is 1.86. The molecule has 0 aromatic heterocycles. The third-order valence-corrected chi connectivity index (χ3v) is 11.6. The van der Waals surface area contributed by atoms with Crippen molar-refractivity contribution in [3.63, 3.8) is 0 Å². The SMILES string of the molecule is CN1Cc2cc(N3CCN(CC4CCN(c5ccc(C6c7ccc(O)cc7OC(C)(C)C6c6ccccc6)cc5F)CC4)CC3)ccc2C1=O. The Hall–Kier alpha value is -4.56. The number of benzene rings is 4.